The van der Waals surface area contributed by atoms with Crippen LogP contribution in [0.2, 0.25) is 0 Å². The highest BCUT2D eigenvalue weighted by Gasteiger charge is 2.02. The van der Waals surface area contributed by atoms with Crippen LogP contribution in [0.5, 0.6) is 5.75 Å². The number of methoxy groups -OCH3 is 1. The summed E-state index contributed by atoms with van der Waals surface area (Å²) < 4.78 is 18.1. The second-order valence-electron chi connectivity index (χ2n) is 3.49. The minimum absolute atomic E-state index is 0.0893. The van der Waals surface area contributed by atoms with Gasteiger partial charge in [0.05, 0.1) is 13.7 Å². The highest BCUT2D eigenvalue weighted by atomic mass is 19.1. The number of hydrogen-bond donors (Lipinski definition) is 2. The lowest BCUT2D eigenvalue weighted by atomic mass is 10.2. The normalized spacial score (nSPS) is 10.4. The fourth-order valence-corrected chi connectivity index (χ4v) is 1.23. The van der Waals surface area contributed by atoms with Crippen molar-refractivity contribution in [2.75, 3.05) is 13.7 Å². The van der Waals surface area contributed by atoms with Crippen LogP contribution in [0, 0.1) is 5.82 Å². The van der Waals surface area contributed by atoms with E-state index in [9.17, 15) is 9.18 Å². The first-order valence-electron chi connectivity index (χ1n) is 5.34. The first-order chi connectivity index (χ1) is 9.04. The number of nitrogens with one attached hydrogen (secondary N) is 1. The second kappa shape index (κ2) is 7.17. The fraction of sp³-hybridized carbons (Fsp3) is 0.154. The van der Waals surface area contributed by atoms with E-state index < -0.39 is 5.97 Å². The van der Waals surface area contributed by atoms with Crippen LogP contribution in [0.1, 0.15) is 5.56 Å². The Bertz CT molecular complexity index is 499. The molecule has 0 aliphatic carbocycles. The molecular weight excluding hydrogens is 253 g/mol. The van der Waals surface area contributed by atoms with Gasteiger partial charge in [-0.3, -0.25) is 10.3 Å². The largest absolute Gasteiger partial charge is 0.496 e. The Labute approximate surface area is 109 Å². The third-order valence-corrected chi connectivity index (χ3v) is 2.12. The van der Waals surface area contributed by atoms with Gasteiger partial charge in [0, 0.05) is 5.56 Å². The lowest BCUT2D eigenvalue weighted by Gasteiger charge is -2.05. The van der Waals surface area contributed by atoms with Crippen LogP contribution in [0.25, 0.3) is 6.08 Å². The summed E-state index contributed by atoms with van der Waals surface area (Å²) in [4.78, 5) is 15.2. The highest BCUT2D eigenvalue weighted by molar-refractivity contribution is 5.84. The van der Waals surface area contributed by atoms with Gasteiger partial charge in [0.25, 0.3) is 0 Å². The van der Waals surface area contributed by atoms with Gasteiger partial charge in [-0.05, 0) is 18.2 Å². The van der Waals surface area contributed by atoms with Crippen LogP contribution >= 0.6 is 0 Å². The molecule has 19 heavy (non-hydrogen) atoms. The van der Waals surface area contributed by atoms with Crippen molar-refractivity contribution in [2.45, 2.75) is 0 Å². The van der Waals surface area contributed by atoms with Crippen LogP contribution in [-0.4, -0.2) is 24.8 Å². The van der Waals surface area contributed by atoms with Crippen LogP contribution in [0.4, 0.5) is 4.39 Å². The number of carboxylic acid groups (broad SMARTS) is 1. The Morgan fingerprint density at radius 1 is 1.58 bits per heavy atom. The van der Waals surface area contributed by atoms with Crippen molar-refractivity contribution in [3.05, 3.63) is 47.9 Å². The Hall–Kier alpha value is -2.34. The molecule has 0 radical (unpaired) electrons. The molecule has 0 fully saturated rings. The maximum Gasteiger partial charge on any atom is 0.353 e. The van der Waals surface area contributed by atoms with Gasteiger partial charge in [0.1, 0.15) is 17.3 Å². The summed E-state index contributed by atoms with van der Waals surface area (Å²) in [5.74, 6) is -1.05. The number of aliphatic carboxylic acids is 1. The molecule has 0 unspecified atom stereocenters. The summed E-state index contributed by atoms with van der Waals surface area (Å²) >= 11 is 0. The zero-order chi connectivity index (χ0) is 14.3. The quantitative estimate of drug-likeness (QED) is 0.449. The van der Waals surface area contributed by atoms with Crippen molar-refractivity contribution in [2.24, 2.45) is 0 Å². The number of halogens is 1. The van der Waals surface area contributed by atoms with Crippen molar-refractivity contribution in [3.8, 4) is 5.75 Å². The molecule has 1 aromatic carbocycles. The Morgan fingerprint density at radius 3 is 2.95 bits per heavy atom. The number of hydrogen-bond acceptors (Lipinski definition) is 4. The van der Waals surface area contributed by atoms with Crippen molar-refractivity contribution in [3.63, 3.8) is 0 Å². The van der Waals surface area contributed by atoms with E-state index in [-0.39, 0.29) is 18.1 Å². The van der Waals surface area contributed by atoms with Crippen molar-refractivity contribution < 1.29 is 23.9 Å². The van der Waals surface area contributed by atoms with Gasteiger partial charge in [-0.25, -0.2) is 9.18 Å². The summed E-state index contributed by atoms with van der Waals surface area (Å²) in [5, 5.41) is 8.50. The molecule has 1 rings (SSSR count). The van der Waals surface area contributed by atoms with E-state index in [0.29, 0.717) is 11.3 Å². The molecule has 0 heterocycles. The second-order valence-corrected chi connectivity index (χ2v) is 3.49. The van der Waals surface area contributed by atoms with Crippen molar-refractivity contribution in [1.29, 1.82) is 0 Å². The number of carbonyl (C=O) groups is 1. The van der Waals surface area contributed by atoms with E-state index in [1.165, 1.54) is 25.3 Å². The third kappa shape index (κ3) is 4.81. The van der Waals surface area contributed by atoms with Gasteiger partial charge in [0.2, 0.25) is 0 Å². The first kappa shape index (κ1) is 14.7. The molecule has 5 nitrogen and oxygen atoms in total. The average Bonchev–Trinajstić information content (AvgIpc) is 2.38. The molecule has 0 spiro atoms. The van der Waals surface area contributed by atoms with E-state index >= 15 is 0 Å². The monoisotopic (exact) mass is 267 g/mol. The maximum absolute atomic E-state index is 13.0. The van der Waals surface area contributed by atoms with Crippen molar-refractivity contribution >= 4 is 12.0 Å². The Kier molecular flexibility index (Phi) is 5.56. The molecule has 6 heteroatoms. The van der Waals surface area contributed by atoms with Gasteiger partial charge in [-0.1, -0.05) is 18.7 Å². The fourth-order valence-electron chi connectivity index (χ4n) is 1.23. The summed E-state index contributed by atoms with van der Waals surface area (Å²) in [6.45, 7) is 3.31. The lowest BCUT2D eigenvalue weighted by molar-refractivity contribution is -0.134. The molecule has 0 aliphatic rings. The van der Waals surface area contributed by atoms with Gasteiger partial charge in [0.15, 0.2) is 0 Å². The summed E-state index contributed by atoms with van der Waals surface area (Å²) in [6.07, 6.45) is 3.19. The molecular formula is C13H14FNO4. The highest BCUT2D eigenvalue weighted by Crippen LogP contribution is 2.20. The van der Waals surface area contributed by atoms with Crippen LogP contribution in [0.3, 0.4) is 0 Å². The minimum atomic E-state index is -1.20. The smallest absolute Gasteiger partial charge is 0.353 e. The molecule has 1 aromatic rings. The van der Waals surface area contributed by atoms with Gasteiger partial charge >= 0.3 is 5.97 Å². The third-order valence-electron chi connectivity index (χ3n) is 2.12. The maximum atomic E-state index is 13.0. The Balaban J connectivity index is 2.51. The summed E-state index contributed by atoms with van der Waals surface area (Å²) in [7, 11) is 1.49. The molecule has 0 aliphatic heterocycles. The van der Waals surface area contributed by atoms with E-state index in [2.05, 4.69) is 12.1 Å². The van der Waals surface area contributed by atoms with E-state index in [1.54, 1.807) is 12.2 Å². The number of rotatable bonds is 7. The number of benzene rings is 1. The van der Waals surface area contributed by atoms with Gasteiger partial charge in [-0.15, -0.1) is 0 Å². The molecule has 0 atom stereocenters. The average molecular weight is 267 g/mol. The number of ether oxygens (including phenoxy) is 1. The van der Waals surface area contributed by atoms with Gasteiger partial charge in [-0.2, -0.15) is 0 Å². The molecule has 0 aromatic heterocycles. The van der Waals surface area contributed by atoms with E-state index in [4.69, 9.17) is 14.7 Å². The SMILES string of the molecule is C=C(NOCC=Cc1cc(F)ccc1OC)C(=O)O. The molecule has 0 amide bonds. The molecule has 0 bridgehead atoms. The molecule has 2 N–H and O–H groups in total. The van der Waals surface area contributed by atoms with E-state index in [1.807, 2.05) is 0 Å². The van der Waals surface area contributed by atoms with Crippen LogP contribution in [-0.2, 0) is 9.63 Å². The van der Waals surface area contributed by atoms with Crippen LogP contribution < -0.4 is 10.2 Å². The van der Waals surface area contributed by atoms with E-state index in [0.717, 1.165) is 0 Å². The number of hydroxylamine groups is 1. The first-order valence-corrected chi connectivity index (χ1v) is 5.34. The van der Waals surface area contributed by atoms with Crippen LogP contribution in [0.15, 0.2) is 36.6 Å². The predicted molar refractivity (Wildman–Crippen MR) is 67.8 cm³/mol. The molecule has 0 saturated heterocycles. The zero-order valence-corrected chi connectivity index (χ0v) is 10.4. The number of carboxylic acids is 1. The summed E-state index contributed by atoms with van der Waals surface area (Å²) in [5.41, 5.74) is 2.45. The lowest BCUT2D eigenvalue weighted by Crippen LogP contribution is -2.19. The minimum Gasteiger partial charge on any atom is -0.496 e. The Morgan fingerprint density at radius 2 is 2.32 bits per heavy atom. The van der Waals surface area contributed by atoms with Crippen molar-refractivity contribution in [1.82, 2.24) is 5.48 Å². The topological polar surface area (TPSA) is 67.8 Å². The summed E-state index contributed by atoms with van der Waals surface area (Å²) in [6, 6.07) is 4.13. The molecule has 0 saturated carbocycles. The standard InChI is InChI=1S/C13H14FNO4/c1-9(13(16)17)15-19-7-3-4-10-8-11(14)5-6-12(10)18-2/h3-6,8,15H,1,7H2,2H3,(H,16,17). The zero-order valence-electron chi connectivity index (χ0n) is 10.4. The predicted octanol–water partition coefficient (Wildman–Crippen LogP) is 1.97. The van der Waals surface area contributed by atoms with Gasteiger partial charge < -0.3 is 9.84 Å². The molecule has 102 valence electrons.